The number of hydrogen-bond donors (Lipinski definition) is 1. The molecule has 0 radical (unpaired) electrons. The summed E-state index contributed by atoms with van der Waals surface area (Å²) < 4.78 is 33.3. The molecule has 1 N–H and O–H groups in total. The Morgan fingerprint density at radius 3 is 2.92 bits per heavy atom. The van der Waals surface area contributed by atoms with Crippen molar-refractivity contribution in [1.82, 2.24) is 14.5 Å². The largest absolute Gasteiger partial charge is 0.496 e. The Hall–Kier alpha value is -1.55. The van der Waals surface area contributed by atoms with Gasteiger partial charge in [-0.15, -0.1) is 5.10 Å². The molecule has 142 valence electrons. The van der Waals surface area contributed by atoms with Crippen LogP contribution in [0.3, 0.4) is 0 Å². The first-order chi connectivity index (χ1) is 12.4. The summed E-state index contributed by atoms with van der Waals surface area (Å²) in [5.41, 5.74) is 2.46. The summed E-state index contributed by atoms with van der Waals surface area (Å²) >= 11 is 0.955. The lowest BCUT2D eigenvalue weighted by Crippen LogP contribution is -2.34. The molecule has 26 heavy (non-hydrogen) atoms. The molecule has 1 aromatic heterocycles. The van der Waals surface area contributed by atoms with Crippen molar-refractivity contribution in [2.75, 3.05) is 26.5 Å². The van der Waals surface area contributed by atoms with Crippen molar-refractivity contribution in [3.8, 4) is 5.75 Å². The first-order valence-electron chi connectivity index (χ1n) is 8.43. The molecule has 0 bridgehead atoms. The van der Waals surface area contributed by atoms with Gasteiger partial charge in [0.2, 0.25) is 0 Å². The molecule has 0 saturated carbocycles. The molecule has 1 aromatic carbocycles. The normalized spacial score (nSPS) is 18.8. The Labute approximate surface area is 157 Å². The Morgan fingerprint density at radius 2 is 2.23 bits per heavy atom. The Morgan fingerprint density at radius 1 is 1.42 bits per heavy atom. The summed E-state index contributed by atoms with van der Waals surface area (Å²) in [6.07, 6.45) is 3.10. The zero-order valence-corrected chi connectivity index (χ0v) is 16.5. The number of ether oxygens (including phenoxy) is 1. The first-order valence-corrected chi connectivity index (χ1v) is 11.1. The highest BCUT2D eigenvalue weighted by Crippen LogP contribution is 2.32. The van der Waals surface area contributed by atoms with E-state index in [4.69, 9.17) is 4.74 Å². The van der Waals surface area contributed by atoms with E-state index in [2.05, 4.69) is 14.5 Å². The number of rotatable bonds is 6. The van der Waals surface area contributed by atoms with Crippen molar-refractivity contribution < 1.29 is 18.3 Å². The van der Waals surface area contributed by atoms with Gasteiger partial charge in [-0.1, -0.05) is 10.6 Å². The number of sulfone groups is 1. The van der Waals surface area contributed by atoms with E-state index in [0.717, 1.165) is 55.1 Å². The number of piperidine rings is 1. The second-order valence-corrected chi connectivity index (χ2v) is 9.56. The molecule has 1 atom stereocenters. The molecule has 1 fully saturated rings. The topological polar surface area (TPSA) is 92.6 Å². The molecule has 0 unspecified atom stereocenters. The van der Waals surface area contributed by atoms with Gasteiger partial charge in [-0.25, -0.2) is 8.42 Å². The van der Waals surface area contributed by atoms with Crippen LogP contribution >= 0.6 is 11.5 Å². The fourth-order valence-electron chi connectivity index (χ4n) is 3.43. The van der Waals surface area contributed by atoms with Crippen LogP contribution in [0.15, 0.2) is 22.4 Å². The first kappa shape index (κ1) is 19.2. The minimum absolute atomic E-state index is 0.0676. The van der Waals surface area contributed by atoms with Crippen LogP contribution < -0.4 is 4.74 Å². The summed E-state index contributed by atoms with van der Waals surface area (Å²) in [4.78, 5) is 2.29. The maximum absolute atomic E-state index is 11.9. The highest BCUT2D eigenvalue weighted by atomic mass is 32.2. The fourth-order valence-corrected chi connectivity index (χ4v) is 5.16. The van der Waals surface area contributed by atoms with Crippen LogP contribution in [-0.4, -0.2) is 54.5 Å². The number of nitrogens with zero attached hydrogens (tertiary/aromatic N) is 3. The molecule has 2 heterocycles. The molecule has 0 aliphatic carbocycles. The van der Waals surface area contributed by atoms with E-state index < -0.39 is 9.84 Å². The van der Waals surface area contributed by atoms with Gasteiger partial charge in [-0.3, -0.25) is 4.90 Å². The van der Waals surface area contributed by atoms with Crippen LogP contribution in [0.5, 0.6) is 5.75 Å². The third-order valence-corrected chi connectivity index (χ3v) is 7.18. The standard InChI is InChI=1S/C17H23N3O4S2/c1-24-15-6-5-12(8-14(15)11-21)9-20-7-3-4-13(10-20)16-17(25-19-18-16)26(2,22)23/h5-6,8,13,21H,3-4,7,9-11H2,1-2H3/t13-/m0/s1. The summed E-state index contributed by atoms with van der Waals surface area (Å²) in [7, 11) is -1.71. The molecule has 1 aliphatic rings. The van der Waals surface area contributed by atoms with E-state index >= 15 is 0 Å². The molecule has 0 spiro atoms. The quantitative estimate of drug-likeness (QED) is 0.795. The summed E-state index contributed by atoms with van der Waals surface area (Å²) in [6.45, 7) is 2.36. The van der Waals surface area contributed by atoms with Gasteiger partial charge in [0.05, 0.1) is 19.4 Å². The Bertz CT molecular complexity index is 867. The van der Waals surface area contributed by atoms with Crippen LogP contribution in [0.1, 0.15) is 35.6 Å². The third kappa shape index (κ3) is 4.22. The maximum Gasteiger partial charge on any atom is 0.188 e. The van der Waals surface area contributed by atoms with E-state index in [0.29, 0.717) is 11.4 Å². The van der Waals surface area contributed by atoms with E-state index in [1.807, 2.05) is 18.2 Å². The van der Waals surface area contributed by atoms with Crippen molar-refractivity contribution in [2.45, 2.75) is 36.1 Å². The summed E-state index contributed by atoms with van der Waals surface area (Å²) in [6, 6.07) is 5.82. The van der Waals surface area contributed by atoms with Gasteiger partial charge < -0.3 is 9.84 Å². The van der Waals surface area contributed by atoms with Crippen molar-refractivity contribution in [2.24, 2.45) is 0 Å². The van der Waals surface area contributed by atoms with Gasteiger partial charge in [0.25, 0.3) is 0 Å². The highest BCUT2D eigenvalue weighted by Gasteiger charge is 2.29. The van der Waals surface area contributed by atoms with Gasteiger partial charge >= 0.3 is 0 Å². The predicted octanol–water partition coefficient (Wildman–Crippen LogP) is 1.82. The molecule has 0 amide bonds. The Balaban J connectivity index is 1.75. The molecule has 3 rings (SSSR count). The minimum Gasteiger partial charge on any atom is -0.496 e. The fraction of sp³-hybridized carbons (Fsp3) is 0.529. The second kappa shape index (κ2) is 7.99. The Kier molecular flexibility index (Phi) is 5.91. The number of benzene rings is 1. The van der Waals surface area contributed by atoms with E-state index in [1.165, 1.54) is 6.26 Å². The number of methoxy groups -OCH3 is 1. The maximum atomic E-state index is 11.9. The molecule has 1 saturated heterocycles. The summed E-state index contributed by atoms with van der Waals surface area (Å²) in [5.74, 6) is 0.752. The van der Waals surface area contributed by atoms with E-state index in [9.17, 15) is 13.5 Å². The van der Waals surface area contributed by atoms with Crippen LogP contribution in [0, 0.1) is 0 Å². The summed E-state index contributed by atoms with van der Waals surface area (Å²) in [5, 5.41) is 13.6. The highest BCUT2D eigenvalue weighted by molar-refractivity contribution is 7.92. The molecule has 7 nitrogen and oxygen atoms in total. The van der Waals surface area contributed by atoms with Gasteiger partial charge in [-0.2, -0.15) is 0 Å². The molecule has 2 aromatic rings. The third-order valence-electron chi connectivity index (χ3n) is 4.63. The zero-order chi connectivity index (χ0) is 18.7. The average molecular weight is 398 g/mol. The van der Waals surface area contributed by atoms with E-state index in [1.54, 1.807) is 7.11 Å². The number of aliphatic hydroxyl groups is 1. The van der Waals surface area contributed by atoms with Crippen molar-refractivity contribution in [3.05, 3.63) is 35.0 Å². The predicted molar refractivity (Wildman–Crippen MR) is 99.2 cm³/mol. The monoisotopic (exact) mass is 397 g/mol. The van der Waals surface area contributed by atoms with Gasteiger partial charge in [0, 0.05) is 42.4 Å². The number of hydrogen-bond acceptors (Lipinski definition) is 8. The zero-order valence-electron chi connectivity index (χ0n) is 14.9. The molecule has 9 heteroatoms. The smallest absolute Gasteiger partial charge is 0.188 e. The number of aliphatic hydroxyl groups excluding tert-OH is 1. The van der Waals surface area contributed by atoms with Crippen LogP contribution in [0.25, 0.3) is 0 Å². The van der Waals surface area contributed by atoms with Gasteiger partial charge in [0.1, 0.15) is 5.75 Å². The van der Waals surface area contributed by atoms with Crippen LogP contribution in [0.4, 0.5) is 0 Å². The van der Waals surface area contributed by atoms with Crippen LogP contribution in [-0.2, 0) is 23.0 Å². The minimum atomic E-state index is -3.30. The lowest BCUT2D eigenvalue weighted by atomic mass is 9.95. The van der Waals surface area contributed by atoms with Crippen molar-refractivity contribution in [1.29, 1.82) is 0 Å². The van der Waals surface area contributed by atoms with Gasteiger partial charge in [0.15, 0.2) is 14.0 Å². The lowest BCUT2D eigenvalue weighted by Gasteiger charge is -2.32. The SMILES string of the molecule is COc1ccc(CN2CCC[C@H](c3nnsc3S(C)(=O)=O)C2)cc1CO. The van der Waals surface area contributed by atoms with Crippen LogP contribution in [0.2, 0.25) is 0 Å². The molecular weight excluding hydrogens is 374 g/mol. The lowest BCUT2D eigenvalue weighted by molar-refractivity contribution is 0.197. The number of aromatic nitrogens is 2. The van der Waals surface area contributed by atoms with Crippen molar-refractivity contribution >= 4 is 21.4 Å². The number of likely N-dealkylation sites (tertiary alicyclic amines) is 1. The van der Waals surface area contributed by atoms with Gasteiger partial charge in [-0.05, 0) is 37.1 Å². The van der Waals surface area contributed by atoms with Crippen molar-refractivity contribution in [3.63, 3.8) is 0 Å². The second-order valence-electron chi connectivity index (χ2n) is 6.60. The average Bonchev–Trinajstić information content (AvgIpc) is 3.12. The molecule has 1 aliphatic heterocycles. The molecular formula is C17H23N3O4S2. The van der Waals surface area contributed by atoms with E-state index in [-0.39, 0.29) is 16.7 Å².